The van der Waals surface area contributed by atoms with Crippen LogP contribution in [0, 0.1) is 5.92 Å². The van der Waals surface area contributed by atoms with Crippen molar-refractivity contribution in [2.24, 2.45) is 5.92 Å². The van der Waals surface area contributed by atoms with Crippen LogP contribution >= 0.6 is 0 Å². The number of hydrogen-bond acceptors (Lipinski definition) is 5. The van der Waals surface area contributed by atoms with E-state index in [1.165, 1.54) is 4.90 Å². The lowest BCUT2D eigenvalue weighted by atomic mass is 10.1. The molecule has 0 bridgehead atoms. The summed E-state index contributed by atoms with van der Waals surface area (Å²) < 4.78 is 0. The highest BCUT2D eigenvalue weighted by molar-refractivity contribution is 5.90. The van der Waals surface area contributed by atoms with Crippen LogP contribution in [0.3, 0.4) is 0 Å². The molecule has 80 valence electrons. The van der Waals surface area contributed by atoms with Gasteiger partial charge >= 0.3 is 5.97 Å². The second-order valence-corrected chi connectivity index (χ2v) is 3.31. The molecule has 0 spiro atoms. The van der Waals surface area contributed by atoms with Crippen molar-refractivity contribution in [3.8, 4) is 0 Å². The van der Waals surface area contributed by atoms with Crippen molar-refractivity contribution < 1.29 is 14.7 Å². The first-order valence-corrected chi connectivity index (χ1v) is 4.44. The average Bonchev–Trinajstić information content (AvgIpc) is 2.88. The van der Waals surface area contributed by atoms with E-state index in [4.69, 9.17) is 5.11 Å². The summed E-state index contributed by atoms with van der Waals surface area (Å²) in [5, 5.41) is 21.3. The average molecular weight is 211 g/mol. The third-order valence-corrected chi connectivity index (χ3v) is 2.36. The SMILES string of the molecule is O=C(O)[C@@H]1CCN(C(=O)c2nn[nH]n2)C1. The molecular weight excluding hydrogens is 202 g/mol. The molecule has 1 aliphatic heterocycles. The van der Waals surface area contributed by atoms with Crippen molar-refractivity contribution in [3.05, 3.63) is 5.82 Å². The molecular formula is C7H9N5O3. The molecule has 2 N–H and O–H groups in total. The molecule has 2 rings (SSSR count). The minimum absolute atomic E-state index is 0.0268. The highest BCUT2D eigenvalue weighted by Crippen LogP contribution is 2.17. The van der Waals surface area contributed by atoms with E-state index in [0.717, 1.165) is 0 Å². The van der Waals surface area contributed by atoms with Gasteiger partial charge < -0.3 is 10.0 Å². The summed E-state index contributed by atoms with van der Waals surface area (Å²) in [6, 6.07) is 0. The number of rotatable bonds is 2. The van der Waals surface area contributed by atoms with Gasteiger partial charge in [-0.15, -0.1) is 10.2 Å². The van der Waals surface area contributed by atoms with Crippen molar-refractivity contribution in [1.82, 2.24) is 25.5 Å². The first kappa shape index (κ1) is 9.56. The molecule has 1 atom stereocenters. The molecule has 1 aromatic heterocycles. The lowest BCUT2D eigenvalue weighted by Crippen LogP contribution is -2.30. The number of carbonyl (C=O) groups is 2. The quantitative estimate of drug-likeness (QED) is 0.631. The Morgan fingerprint density at radius 2 is 2.33 bits per heavy atom. The zero-order valence-corrected chi connectivity index (χ0v) is 7.75. The van der Waals surface area contributed by atoms with E-state index in [0.29, 0.717) is 13.0 Å². The first-order chi connectivity index (χ1) is 7.18. The predicted molar refractivity (Wildman–Crippen MR) is 45.8 cm³/mol. The maximum atomic E-state index is 11.6. The third-order valence-electron chi connectivity index (χ3n) is 2.36. The Labute approximate surface area is 84.3 Å². The normalized spacial score (nSPS) is 20.5. The molecule has 1 saturated heterocycles. The Hall–Kier alpha value is -1.99. The number of aromatic amines is 1. The number of amides is 1. The number of nitrogens with one attached hydrogen (secondary N) is 1. The Morgan fingerprint density at radius 1 is 1.53 bits per heavy atom. The molecule has 1 amide bonds. The molecule has 0 saturated carbocycles. The predicted octanol–water partition coefficient (Wildman–Crippen LogP) is -1.25. The molecule has 0 radical (unpaired) electrons. The van der Waals surface area contributed by atoms with Crippen LogP contribution < -0.4 is 0 Å². The van der Waals surface area contributed by atoms with Gasteiger partial charge in [-0.3, -0.25) is 9.59 Å². The van der Waals surface area contributed by atoms with Crippen molar-refractivity contribution in [3.63, 3.8) is 0 Å². The van der Waals surface area contributed by atoms with E-state index in [1.807, 2.05) is 0 Å². The number of H-pyrrole nitrogens is 1. The molecule has 2 heterocycles. The molecule has 15 heavy (non-hydrogen) atoms. The molecule has 8 heteroatoms. The summed E-state index contributed by atoms with van der Waals surface area (Å²) >= 11 is 0. The molecule has 0 unspecified atom stereocenters. The molecule has 1 fully saturated rings. The Bertz CT molecular complexity index is 376. The van der Waals surface area contributed by atoms with Crippen LogP contribution in [-0.4, -0.2) is 55.6 Å². The zero-order valence-electron chi connectivity index (χ0n) is 7.75. The first-order valence-electron chi connectivity index (χ1n) is 4.44. The lowest BCUT2D eigenvalue weighted by Gasteiger charge is -2.12. The number of carboxylic acids is 1. The number of carboxylic acid groups (broad SMARTS) is 1. The van der Waals surface area contributed by atoms with Gasteiger partial charge in [-0.05, 0) is 11.6 Å². The van der Waals surface area contributed by atoms with E-state index in [2.05, 4.69) is 20.6 Å². The van der Waals surface area contributed by atoms with Crippen LogP contribution in [0.4, 0.5) is 0 Å². The second kappa shape index (κ2) is 3.64. The van der Waals surface area contributed by atoms with Gasteiger partial charge in [0.1, 0.15) is 0 Å². The topological polar surface area (TPSA) is 112 Å². The van der Waals surface area contributed by atoms with E-state index >= 15 is 0 Å². The third kappa shape index (κ3) is 1.78. The number of nitrogens with zero attached hydrogens (tertiary/aromatic N) is 4. The van der Waals surface area contributed by atoms with Gasteiger partial charge in [0.15, 0.2) is 0 Å². The Kier molecular flexibility index (Phi) is 2.32. The summed E-state index contributed by atoms with van der Waals surface area (Å²) in [5.74, 6) is -1.77. The number of carbonyl (C=O) groups excluding carboxylic acids is 1. The minimum atomic E-state index is -0.876. The largest absolute Gasteiger partial charge is 0.481 e. The molecule has 0 aliphatic carbocycles. The van der Waals surface area contributed by atoms with Crippen molar-refractivity contribution in [2.45, 2.75) is 6.42 Å². The van der Waals surface area contributed by atoms with E-state index in [-0.39, 0.29) is 18.3 Å². The fourth-order valence-corrected chi connectivity index (χ4v) is 1.54. The number of hydrogen-bond donors (Lipinski definition) is 2. The molecule has 0 aromatic carbocycles. The van der Waals surface area contributed by atoms with Gasteiger partial charge in [0.2, 0.25) is 0 Å². The Morgan fingerprint density at radius 3 is 2.87 bits per heavy atom. The number of aliphatic carboxylic acids is 1. The van der Waals surface area contributed by atoms with E-state index in [1.54, 1.807) is 0 Å². The number of tetrazole rings is 1. The second-order valence-electron chi connectivity index (χ2n) is 3.31. The van der Waals surface area contributed by atoms with Gasteiger partial charge in [-0.25, -0.2) is 0 Å². The molecule has 1 aliphatic rings. The summed E-state index contributed by atoms with van der Waals surface area (Å²) in [5.41, 5.74) is 0. The van der Waals surface area contributed by atoms with E-state index < -0.39 is 11.9 Å². The molecule has 8 nitrogen and oxygen atoms in total. The highest BCUT2D eigenvalue weighted by Gasteiger charge is 2.32. The van der Waals surface area contributed by atoms with Crippen LogP contribution in [0.2, 0.25) is 0 Å². The van der Waals surface area contributed by atoms with Gasteiger partial charge in [0.25, 0.3) is 11.7 Å². The van der Waals surface area contributed by atoms with Gasteiger partial charge in [-0.1, -0.05) is 0 Å². The number of aromatic nitrogens is 4. The summed E-state index contributed by atoms with van der Waals surface area (Å²) in [6.07, 6.45) is 0.471. The zero-order chi connectivity index (χ0) is 10.8. The maximum Gasteiger partial charge on any atom is 0.308 e. The fourth-order valence-electron chi connectivity index (χ4n) is 1.54. The van der Waals surface area contributed by atoms with Crippen LogP contribution in [-0.2, 0) is 4.79 Å². The fraction of sp³-hybridized carbons (Fsp3) is 0.571. The van der Waals surface area contributed by atoms with Crippen LogP contribution in [0.1, 0.15) is 17.0 Å². The smallest absolute Gasteiger partial charge is 0.308 e. The van der Waals surface area contributed by atoms with Gasteiger partial charge in [0, 0.05) is 13.1 Å². The lowest BCUT2D eigenvalue weighted by molar-refractivity contribution is -0.141. The van der Waals surface area contributed by atoms with Crippen molar-refractivity contribution >= 4 is 11.9 Å². The molecule has 1 aromatic rings. The summed E-state index contributed by atoms with van der Waals surface area (Å²) in [7, 11) is 0. The maximum absolute atomic E-state index is 11.6. The highest BCUT2D eigenvalue weighted by atomic mass is 16.4. The monoisotopic (exact) mass is 211 g/mol. The van der Waals surface area contributed by atoms with Crippen LogP contribution in [0.15, 0.2) is 0 Å². The summed E-state index contributed by atoms with van der Waals surface area (Å²) in [4.78, 5) is 23.7. The standard InChI is InChI=1S/C7H9N5O3/c13-6(5-8-10-11-9-5)12-2-1-4(3-12)7(14)15/h4H,1-3H2,(H,14,15)(H,8,9,10,11)/t4-/m1/s1. The summed E-state index contributed by atoms with van der Waals surface area (Å²) in [6.45, 7) is 0.632. The van der Waals surface area contributed by atoms with Crippen LogP contribution in [0.5, 0.6) is 0 Å². The minimum Gasteiger partial charge on any atom is -0.481 e. The Balaban J connectivity index is 2.02. The van der Waals surface area contributed by atoms with Crippen molar-refractivity contribution in [2.75, 3.05) is 13.1 Å². The van der Waals surface area contributed by atoms with Gasteiger partial charge in [-0.2, -0.15) is 5.21 Å². The van der Waals surface area contributed by atoms with Crippen molar-refractivity contribution in [1.29, 1.82) is 0 Å². The van der Waals surface area contributed by atoms with Crippen LogP contribution in [0.25, 0.3) is 0 Å². The number of likely N-dealkylation sites (tertiary alicyclic amines) is 1. The van der Waals surface area contributed by atoms with E-state index in [9.17, 15) is 9.59 Å². The van der Waals surface area contributed by atoms with Gasteiger partial charge in [0.05, 0.1) is 5.92 Å².